The molecule has 1 saturated carbocycles. The van der Waals surface area contributed by atoms with Gasteiger partial charge >= 0.3 is 0 Å². The second-order valence-corrected chi connectivity index (χ2v) is 7.29. The molecule has 1 aromatic rings. The third kappa shape index (κ3) is 2.73. The van der Waals surface area contributed by atoms with Crippen molar-refractivity contribution in [2.75, 3.05) is 5.32 Å². The maximum absolute atomic E-state index is 12.2. The summed E-state index contributed by atoms with van der Waals surface area (Å²) in [5.74, 6) is 0.689. The van der Waals surface area contributed by atoms with Crippen molar-refractivity contribution in [1.82, 2.24) is 9.97 Å². The average Bonchev–Trinajstić information content (AvgIpc) is 2.44. The molecule has 1 fully saturated rings. The van der Waals surface area contributed by atoms with E-state index < -0.39 is 0 Å². The van der Waals surface area contributed by atoms with Gasteiger partial charge in [0.2, 0.25) is 5.95 Å². The normalized spacial score (nSPS) is 25.1. The second-order valence-electron chi connectivity index (χ2n) is 6.18. The number of alkyl halides is 1. The number of hydrogen-bond donors (Lipinski definition) is 1. The summed E-state index contributed by atoms with van der Waals surface area (Å²) in [6, 6.07) is 0. The molecule has 0 aromatic carbocycles. The summed E-state index contributed by atoms with van der Waals surface area (Å²) >= 11 is 3.43. The van der Waals surface area contributed by atoms with E-state index in [-0.39, 0.29) is 16.1 Å². The van der Waals surface area contributed by atoms with E-state index in [1.165, 1.54) is 19.3 Å². The Morgan fingerprint density at radius 3 is 2.85 bits per heavy atom. The molecule has 2 aliphatic carbocycles. The van der Waals surface area contributed by atoms with Crippen molar-refractivity contribution in [2.45, 2.75) is 62.2 Å². The van der Waals surface area contributed by atoms with Crippen molar-refractivity contribution in [3.05, 3.63) is 17.5 Å². The zero-order valence-corrected chi connectivity index (χ0v) is 13.4. The van der Waals surface area contributed by atoms with Gasteiger partial charge in [0.1, 0.15) is 5.69 Å². The van der Waals surface area contributed by atoms with Crippen molar-refractivity contribution in [3.63, 3.8) is 0 Å². The lowest BCUT2D eigenvalue weighted by molar-refractivity contribution is 0.0976. The highest BCUT2D eigenvalue weighted by Crippen LogP contribution is 2.31. The van der Waals surface area contributed by atoms with Crippen LogP contribution in [0.4, 0.5) is 5.95 Å². The zero-order valence-electron chi connectivity index (χ0n) is 11.8. The van der Waals surface area contributed by atoms with Crippen LogP contribution in [0.3, 0.4) is 0 Å². The molecule has 1 unspecified atom stereocenters. The minimum absolute atomic E-state index is 0.0675. The Hall–Kier alpha value is -0.970. The summed E-state index contributed by atoms with van der Waals surface area (Å²) in [5.41, 5.74) is 1.64. The van der Waals surface area contributed by atoms with Crippen LogP contribution >= 0.6 is 15.9 Å². The van der Waals surface area contributed by atoms with Crippen molar-refractivity contribution >= 4 is 27.7 Å². The van der Waals surface area contributed by atoms with Gasteiger partial charge in [-0.2, -0.15) is 0 Å². The van der Waals surface area contributed by atoms with Gasteiger partial charge in [-0.15, -0.1) is 0 Å². The number of anilines is 1. The predicted molar refractivity (Wildman–Crippen MR) is 82.5 cm³/mol. The van der Waals surface area contributed by atoms with E-state index >= 15 is 0 Å². The first-order valence-corrected chi connectivity index (χ1v) is 8.31. The Balaban J connectivity index is 1.83. The quantitative estimate of drug-likeness (QED) is 0.839. The lowest BCUT2D eigenvalue weighted by Crippen LogP contribution is -2.38. The maximum atomic E-state index is 12.2. The molecule has 0 radical (unpaired) electrons. The summed E-state index contributed by atoms with van der Waals surface area (Å²) in [5, 5.41) is 3.45. The van der Waals surface area contributed by atoms with Gasteiger partial charge in [-0.1, -0.05) is 35.2 Å². The molecular weight excluding hydrogens is 318 g/mol. The Labute approximate surface area is 127 Å². The molecule has 1 N–H and O–H groups in total. The Morgan fingerprint density at radius 1 is 1.35 bits per heavy atom. The number of carbonyl (C=O) groups is 1. The van der Waals surface area contributed by atoms with Crippen molar-refractivity contribution in [2.24, 2.45) is 0 Å². The number of aryl methyl sites for hydroxylation is 1. The van der Waals surface area contributed by atoms with Gasteiger partial charge in [0.15, 0.2) is 5.78 Å². The number of halogens is 1. The third-order valence-corrected chi connectivity index (χ3v) is 5.29. The molecule has 1 aromatic heterocycles. The van der Waals surface area contributed by atoms with E-state index in [0.29, 0.717) is 11.6 Å². The first-order chi connectivity index (χ1) is 9.57. The monoisotopic (exact) mass is 337 g/mol. The third-order valence-electron chi connectivity index (χ3n) is 4.42. The molecule has 20 heavy (non-hydrogen) atoms. The van der Waals surface area contributed by atoms with Gasteiger partial charge in [-0.3, -0.25) is 4.79 Å². The maximum Gasteiger partial charge on any atom is 0.223 e. The minimum atomic E-state index is -0.0944. The van der Waals surface area contributed by atoms with Crippen LogP contribution in [0.5, 0.6) is 0 Å². The lowest BCUT2D eigenvalue weighted by Gasteiger charge is -2.34. The fourth-order valence-electron chi connectivity index (χ4n) is 3.15. The SMILES string of the molecule is CC1(Nc2ncc3c(n2)C(=O)C(Br)CC3)CCCCC1. The number of aromatic nitrogens is 2. The summed E-state index contributed by atoms with van der Waals surface area (Å²) < 4.78 is 0. The molecule has 1 heterocycles. The van der Waals surface area contributed by atoms with Crippen molar-refractivity contribution in [1.29, 1.82) is 0 Å². The number of fused-ring (bicyclic) bond motifs is 1. The molecule has 3 rings (SSSR count). The van der Waals surface area contributed by atoms with Crippen LogP contribution in [-0.4, -0.2) is 26.1 Å². The standard InChI is InChI=1S/C15H20BrN3O/c1-15(7-3-2-4-8-15)19-14-17-9-10-5-6-11(16)13(20)12(10)18-14/h9,11H,2-8H2,1H3,(H,17,18,19). The van der Waals surface area contributed by atoms with Gasteiger partial charge in [-0.25, -0.2) is 9.97 Å². The van der Waals surface area contributed by atoms with Gasteiger partial charge in [0.25, 0.3) is 0 Å². The molecule has 0 bridgehead atoms. The number of carbonyl (C=O) groups excluding carboxylic acids is 1. The van der Waals surface area contributed by atoms with E-state index in [9.17, 15) is 4.79 Å². The molecular formula is C15H20BrN3O. The zero-order chi connectivity index (χ0) is 14.2. The molecule has 0 spiro atoms. The van der Waals surface area contributed by atoms with Crippen LogP contribution in [-0.2, 0) is 6.42 Å². The van der Waals surface area contributed by atoms with E-state index in [4.69, 9.17) is 0 Å². The Bertz CT molecular complexity index is 526. The molecule has 1 atom stereocenters. The lowest BCUT2D eigenvalue weighted by atomic mass is 9.83. The fourth-order valence-corrected chi connectivity index (χ4v) is 3.60. The van der Waals surface area contributed by atoms with Crippen LogP contribution in [0.2, 0.25) is 0 Å². The molecule has 0 aliphatic heterocycles. The predicted octanol–water partition coefficient (Wildman–Crippen LogP) is 3.50. The molecule has 0 amide bonds. The van der Waals surface area contributed by atoms with Crippen LogP contribution < -0.4 is 5.32 Å². The number of Topliss-reactive ketones (excluding diaryl/α,β-unsaturated/α-hetero) is 1. The van der Waals surface area contributed by atoms with Crippen LogP contribution in [0, 0.1) is 0 Å². The minimum Gasteiger partial charge on any atom is -0.349 e. The highest BCUT2D eigenvalue weighted by atomic mass is 79.9. The van der Waals surface area contributed by atoms with Gasteiger partial charge < -0.3 is 5.32 Å². The van der Waals surface area contributed by atoms with E-state index in [1.54, 1.807) is 0 Å². The molecule has 2 aliphatic rings. The van der Waals surface area contributed by atoms with E-state index in [1.807, 2.05) is 6.20 Å². The topological polar surface area (TPSA) is 54.9 Å². The Morgan fingerprint density at radius 2 is 2.10 bits per heavy atom. The summed E-state index contributed by atoms with van der Waals surface area (Å²) in [7, 11) is 0. The number of ketones is 1. The molecule has 4 nitrogen and oxygen atoms in total. The first kappa shape index (κ1) is 14.0. The van der Waals surface area contributed by atoms with E-state index in [0.717, 1.165) is 31.2 Å². The van der Waals surface area contributed by atoms with Crippen molar-refractivity contribution in [3.8, 4) is 0 Å². The van der Waals surface area contributed by atoms with Crippen LogP contribution in [0.15, 0.2) is 6.20 Å². The van der Waals surface area contributed by atoms with Crippen LogP contribution in [0.1, 0.15) is 61.5 Å². The highest BCUT2D eigenvalue weighted by molar-refractivity contribution is 9.10. The summed E-state index contributed by atoms with van der Waals surface area (Å²) in [6.07, 6.45) is 9.60. The number of nitrogens with one attached hydrogen (secondary N) is 1. The van der Waals surface area contributed by atoms with Gasteiger partial charge in [0.05, 0.1) is 4.83 Å². The van der Waals surface area contributed by atoms with Gasteiger partial charge in [0, 0.05) is 17.3 Å². The largest absolute Gasteiger partial charge is 0.349 e. The summed E-state index contributed by atoms with van der Waals surface area (Å²) in [4.78, 5) is 21.0. The smallest absolute Gasteiger partial charge is 0.223 e. The molecule has 0 saturated heterocycles. The van der Waals surface area contributed by atoms with Crippen LogP contribution in [0.25, 0.3) is 0 Å². The molecule has 108 valence electrons. The average molecular weight is 338 g/mol. The second kappa shape index (κ2) is 5.43. The molecule has 5 heteroatoms. The number of nitrogens with zero attached hydrogens (tertiary/aromatic N) is 2. The number of hydrogen-bond acceptors (Lipinski definition) is 4. The first-order valence-electron chi connectivity index (χ1n) is 7.40. The summed E-state index contributed by atoms with van der Waals surface area (Å²) in [6.45, 7) is 2.23. The number of rotatable bonds is 2. The van der Waals surface area contributed by atoms with Gasteiger partial charge in [-0.05, 0) is 32.6 Å². The Kier molecular flexibility index (Phi) is 3.80. The fraction of sp³-hybridized carbons (Fsp3) is 0.667. The van der Waals surface area contributed by atoms with Crippen molar-refractivity contribution < 1.29 is 4.79 Å². The van der Waals surface area contributed by atoms with E-state index in [2.05, 4.69) is 38.1 Å². The highest BCUT2D eigenvalue weighted by Gasteiger charge is 2.30.